The first-order chi connectivity index (χ1) is 8.38. The van der Waals surface area contributed by atoms with Crippen LogP contribution in [-0.2, 0) is 13.1 Å². The first-order valence-electron chi connectivity index (χ1n) is 7.10. The van der Waals surface area contributed by atoms with Crippen LogP contribution in [-0.4, -0.2) is 16.3 Å². The molecule has 3 nitrogen and oxygen atoms in total. The molecule has 96 valence electrons. The lowest BCUT2D eigenvalue weighted by Gasteiger charge is -2.21. The van der Waals surface area contributed by atoms with Crippen molar-refractivity contribution in [1.29, 1.82) is 0 Å². The molecule has 1 fully saturated rings. The fraction of sp³-hybridized carbons (Fsp3) is 0.786. The van der Waals surface area contributed by atoms with Gasteiger partial charge in [-0.2, -0.15) is 5.10 Å². The van der Waals surface area contributed by atoms with Crippen molar-refractivity contribution in [1.82, 2.24) is 15.1 Å². The first-order valence-corrected chi connectivity index (χ1v) is 7.10. The van der Waals surface area contributed by atoms with Crippen LogP contribution in [0.15, 0.2) is 12.4 Å². The Hall–Kier alpha value is -0.830. The highest BCUT2D eigenvalue weighted by Crippen LogP contribution is 2.24. The largest absolute Gasteiger partial charge is 0.313 e. The third-order valence-corrected chi connectivity index (χ3v) is 3.61. The molecule has 2 rings (SSSR count). The van der Waals surface area contributed by atoms with Gasteiger partial charge in [-0.1, -0.05) is 26.2 Å². The highest BCUT2D eigenvalue weighted by atomic mass is 15.3. The second-order valence-corrected chi connectivity index (χ2v) is 5.25. The molecule has 1 aromatic rings. The van der Waals surface area contributed by atoms with Gasteiger partial charge in [-0.15, -0.1) is 0 Å². The van der Waals surface area contributed by atoms with E-state index in [-0.39, 0.29) is 0 Å². The van der Waals surface area contributed by atoms with Crippen LogP contribution in [0.25, 0.3) is 0 Å². The predicted molar refractivity (Wildman–Crippen MR) is 70.8 cm³/mol. The molecule has 3 heteroatoms. The summed E-state index contributed by atoms with van der Waals surface area (Å²) in [5.41, 5.74) is 1.31. The van der Waals surface area contributed by atoms with Gasteiger partial charge in [0.05, 0.1) is 6.20 Å². The Labute approximate surface area is 105 Å². The fourth-order valence-electron chi connectivity index (χ4n) is 2.64. The number of hydrogen-bond donors (Lipinski definition) is 1. The van der Waals surface area contributed by atoms with E-state index in [0.717, 1.165) is 25.6 Å². The summed E-state index contributed by atoms with van der Waals surface area (Å²) in [7, 11) is 0. The van der Waals surface area contributed by atoms with Crippen molar-refractivity contribution in [3.63, 3.8) is 0 Å². The molecular weight excluding hydrogens is 210 g/mol. The fourth-order valence-corrected chi connectivity index (χ4v) is 2.64. The predicted octanol–water partition coefficient (Wildman–Crippen LogP) is 2.96. The minimum Gasteiger partial charge on any atom is -0.313 e. The molecule has 0 unspecified atom stereocenters. The summed E-state index contributed by atoms with van der Waals surface area (Å²) in [6.45, 7) is 5.36. The van der Waals surface area contributed by atoms with E-state index in [1.165, 1.54) is 44.1 Å². The van der Waals surface area contributed by atoms with Crippen LogP contribution in [0.4, 0.5) is 0 Å². The Morgan fingerprint density at radius 1 is 1.35 bits per heavy atom. The molecule has 0 radical (unpaired) electrons. The monoisotopic (exact) mass is 235 g/mol. The van der Waals surface area contributed by atoms with E-state index < -0.39 is 0 Å². The van der Waals surface area contributed by atoms with Gasteiger partial charge in [0.1, 0.15) is 0 Å². The Balaban J connectivity index is 1.76. The third kappa shape index (κ3) is 4.15. The van der Waals surface area contributed by atoms with E-state index >= 15 is 0 Å². The number of aromatic nitrogens is 2. The van der Waals surface area contributed by atoms with Crippen molar-refractivity contribution in [3.05, 3.63) is 18.0 Å². The van der Waals surface area contributed by atoms with Gasteiger partial charge in [-0.3, -0.25) is 4.68 Å². The highest BCUT2D eigenvalue weighted by molar-refractivity contribution is 5.03. The molecule has 0 saturated heterocycles. The van der Waals surface area contributed by atoms with Crippen LogP contribution < -0.4 is 5.32 Å². The van der Waals surface area contributed by atoms with Crippen molar-refractivity contribution in [2.45, 2.75) is 58.5 Å². The molecule has 0 atom stereocenters. The van der Waals surface area contributed by atoms with Crippen LogP contribution in [0.1, 0.15) is 51.0 Å². The quantitative estimate of drug-likeness (QED) is 0.768. The van der Waals surface area contributed by atoms with Gasteiger partial charge in [0.25, 0.3) is 0 Å². The Bertz CT molecular complexity index is 313. The number of hydrogen-bond acceptors (Lipinski definition) is 2. The maximum atomic E-state index is 4.47. The first kappa shape index (κ1) is 12.6. The Morgan fingerprint density at radius 2 is 2.18 bits per heavy atom. The summed E-state index contributed by atoms with van der Waals surface area (Å²) in [6.07, 6.45) is 12.4. The maximum absolute atomic E-state index is 4.47. The van der Waals surface area contributed by atoms with E-state index in [2.05, 4.69) is 28.2 Å². The van der Waals surface area contributed by atoms with Gasteiger partial charge in [-0.25, -0.2) is 0 Å². The summed E-state index contributed by atoms with van der Waals surface area (Å²) < 4.78 is 2.14. The molecule has 1 N–H and O–H groups in total. The molecule has 1 aliphatic rings. The van der Waals surface area contributed by atoms with E-state index in [9.17, 15) is 0 Å². The van der Waals surface area contributed by atoms with Crippen molar-refractivity contribution < 1.29 is 0 Å². The average molecular weight is 235 g/mol. The molecule has 17 heavy (non-hydrogen) atoms. The van der Waals surface area contributed by atoms with Crippen molar-refractivity contribution in [2.24, 2.45) is 5.92 Å². The third-order valence-electron chi connectivity index (χ3n) is 3.61. The highest BCUT2D eigenvalue weighted by Gasteiger charge is 2.14. The van der Waals surface area contributed by atoms with Gasteiger partial charge in [-0.05, 0) is 31.7 Å². The Morgan fingerprint density at radius 3 is 2.94 bits per heavy atom. The molecule has 1 aromatic heterocycles. The van der Waals surface area contributed by atoms with Crippen molar-refractivity contribution >= 4 is 0 Å². The molecule has 0 bridgehead atoms. The zero-order chi connectivity index (χ0) is 11.9. The van der Waals surface area contributed by atoms with Crippen molar-refractivity contribution in [3.8, 4) is 0 Å². The zero-order valence-corrected chi connectivity index (χ0v) is 11.0. The lowest BCUT2D eigenvalue weighted by molar-refractivity contribution is 0.308. The van der Waals surface area contributed by atoms with Gasteiger partial charge < -0.3 is 5.32 Å². The second kappa shape index (κ2) is 6.80. The number of nitrogens with one attached hydrogen (secondary N) is 1. The Kier molecular flexibility index (Phi) is 5.05. The van der Waals surface area contributed by atoms with Crippen LogP contribution in [0, 0.1) is 5.92 Å². The summed E-state index contributed by atoms with van der Waals surface area (Å²) >= 11 is 0. The lowest BCUT2D eigenvalue weighted by atomic mass is 9.89. The number of nitrogens with zero attached hydrogens (tertiary/aromatic N) is 2. The molecule has 0 aliphatic heterocycles. The molecule has 0 spiro atoms. The van der Waals surface area contributed by atoms with Gasteiger partial charge >= 0.3 is 0 Å². The second-order valence-electron chi connectivity index (χ2n) is 5.25. The van der Waals surface area contributed by atoms with Crippen LogP contribution in [0.2, 0.25) is 0 Å². The normalized spacial score (nSPS) is 17.5. The molecule has 1 aliphatic carbocycles. The maximum Gasteiger partial charge on any atom is 0.0534 e. The molecular formula is C14H25N3. The van der Waals surface area contributed by atoms with Gasteiger partial charge in [0.15, 0.2) is 0 Å². The summed E-state index contributed by atoms with van der Waals surface area (Å²) in [5.74, 6) is 0.861. The summed E-state index contributed by atoms with van der Waals surface area (Å²) in [4.78, 5) is 0. The molecule has 0 amide bonds. The van der Waals surface area contributed by atoms with Gasteiger partial charge in [0.2, 0.25) is 0 Å². The molecule has 0 aromatic carbocycles. The summed E-state index contributed by atoms with van der Waals surface area (Å²) in [6, 6.07) is 0. The van der Waals surface area contributed by atoms with Crippen molar-refractivity contribution in [2.75, 3.05) is 6.54 Å². The average Bonchev–Trinajstić information content (AvgIpc) is 2.79. The standard InChI is InChI=1S/C14H25N3/c1-2-8-15-9-14-10-16-17(12-14)11-13-6-4-3-5-7-13/h10,12-13,15H,2-9,11H2,1H3. The minimum absolute atomic E-state index is 0.861. The van der Waals surface area contributed by atoms with Gasteiger partial charge in [0, 0.05) is 24.8 Å². The minimum atomic E-state index is 0.861. The van der Waals surface area contributed by atoms with Crippen LogP contribution >= 0.6 is 0 Å². The number of rotatable bonds is 6. The smallest absolute Gasteiger partial charge is 0.0534 e. The van der Waals surface area contributed by atoms with E-state index in [1.807, 2.05) is 6.20 Å². The summed E-state index contributed by atoms with van der Waals surface area (Å²) in [5, 5.41) is 7.88. The SMILES string of the molecule is CCCNCc1cnn(CC2CCCCC2)c1. The topological polar surface area (TPSA) is 29.9 Å². The zero-order valence-electron chi connectivity index (χ0n) is 11.0. The molecule has 1 saturated carbocycles. The van der Waals surface area contributed by atoms with E-state index in [0.29, 0.717) is 0 Å². The van der Waals surface area contributed by atoms with E-state index in [4.69, 9.17) is 0 Å². The lowest BCUT2D eigenvalue weighted by Crippen LogP contribution is -2.15. The van der Waals surface area contributed by atoms with E-state index in [1.54, 1.807) is 0 Å². The van der Waals surface area contributed by atoms with Crippen LogP contribution in [0.3, 0.4) is 0 Å². The molecule has 1 heterocycles. The van der Waals surface area contributed by atoms with Crippen LogP contribution in [0.5, 0.6) is 0 Å².